The van der Waals surface area contributed by atoms with Crippen LogP contribution in [0.15, 0.2) is 65.6 Å². The lowest BCUT2D eigenvalue weighted by atomic mass is 10.2. The fraction of sp³-hybridized carbons (Fsp3) is 0.208. The Hall–Kier alpha value is -2.94. The van der Waals surface area contributed by atoms with Crippen LogP contribution in [0.3, 0.4) is 0 Å². The summed E-state index contributed by atoms with van der Waals surface area (Å²) in [5.41, 5.74) is 1.34. The summed E-state index contributed by atoms with van der Waals surface area (Å²) < 4.78 is 44.4. The minimum absolute atomic E-state index is 0.134. The summed E-state index contributed by atoms with van der Waals surface area (Å²) in [6, 6.07) is 16.7. The van der Waals surface area contributed by atoms with Crippen LogP contribution in [-0.4, -0.2) is 37.9 Å². The molecule has 0 amide bonds. The molecule has 0 N–H and O–H groups in total. The molecular formula is C24H22Cl2N2O5S. The summed E-state index contributed by atoms with van der Waals surface area (Å²) in [6.45, 7) is 2.42. The van der Waals surface area contributed by atoms with Crippen LogP contribution in [0.5, 0.6) is 17.4 Å². The van der Waals surface area contributed by atoms with E-state index in [2.05, 4.69) is 5.10 Å². The second-order valence-electron chi connectivity index (χ2n) is 7.45. The minimum Gasteiger partial charge on any atom is -0.497 e. The molecule has 0 aliphatic heterocycles. The number of halogens is 2. The molecule has 4 rings (SSSR count). The summed E-state index contributed by atoms with van der Waals surface area (Å²) in [5, 5.41) is 5.65. The van der Waals surface area contributed by atoms with Crippen molar-refractivity contribution in [1.82, 2.24) is 9.19 Å². The van der Waals surface area contributed by atoms with Gasteiger partial charge < -0.3 is 14.2 Å². The maximum atomic E-state index is 13.3. The highest BCUT2D eigenvalue weighted by molar-refractivity contribution is 7.90. The molecule has 0 aliphatic rings. The second kappa shape index (κ2) is 10.1. The predicted molar refractivity (Wildman–Crippen MR) is 132 cm³/mol. The van der Waals surface area contributed by atoms with E-state index >= 15 is 0 Å². The number of hydrogen-bond acceptors (Lipinski definition) is 6. The third-order valence-corrected chi connectivity index (χ3v) is 7.26. The van der Waals surface area contributed by atoms with Crippen molar-refractivity contribution in [3.05, 3.63) is 76.3 Å². The molecule has 0 saturated carbocycles. The topological polar surface area (TPSA) is 79.7 Å². The van der Waals surface area contributed by atoms with Gasteiger partial charge in [-0.25, -0.2) is 0 Å². The van der Waals surface area contributed by atoms with Crippen molar-refractivity contribution in [3.8, 4) is 17.4 Å². The van der Waals surface area contributed by atoms with Crippen molar-refractivity contribution in [3.63, 3.8) is 0 Å². The molecule has 0 atom stereocenters. The largest absolute Gasteiger partial charge is 0.497 e. The van der Waals surface area contributed by atoms with Crippen LogP contribution in [0.4, 0.5) is 0 Å². The van der Waals surface area contributed by atoms with E-state index in [4.69, 9.17) is 37.4 Å². The first-order chi connectivity index (χ1) is 16.3. The smallest absolute Gasteiger partial charge is 0.283 e. The molecule has 0 fully saturated rings. The van der Waals surface area contributed by atoms with Crippen molar-refractivity contribution >= 4 is 44.1 Å². The average Bonchev–Trinajstić information content (AvgIpc) is 3.19. The maximum absolute atomic E-state index is 13.3. The lowest BCUT2D eigenvalue weighted by molar-refractivity contribution is 0.243. The molecule has 178 valence electrons. The third kappa shape index (κ3) is 4.94. The normalized spacial score (nSPS) is 11.5. The molecule has 0 unspecified atom stereocenters. The molecule has 10 heteroatoms. The highest BCUT2D eigenvalue weighted by Crippen LogP contribution is 2.33. The summed E-state index contributed by atoms with van der Waals surface area (Å²) >= 11 is 12.2. The molecule has 4 aromatic rings. The molecule has 0 bridgehead atoms. The van der Waals surface area contributed by atoms with Crippen molar-refractivity contribution in [2.45, 2.75) is 18.2 Å². The van der Waals surface area contributed by atoms with Gasteiger partial charge in [0.05, 0.1) is 46.2 Å². The molecular weight excluding hydrogens is 499 g/mol. The first-order valence-electron chi connectivity index (χ1n) is 10.4. The minimum atomic E-state index is -3.93. The van der Waals surface area contributed by atoms with Gasteiger partial charge in [0.15, 0.2) is 5.75 Å². The van der Waals surface area contributed by atoms with E-state index in [1.807, 2.05) is 6.92 Å². The van der Waals surface area contributed by atoms with Gasteiger partial charge in [0.1, 0.15) is 5.75 Å². The first kappa shape index (κ1) is 24.2. The van der Waals surface area contributed by atoms with Crippen molar-refractivity contribution in [2.75, 3.05) is 20.3 Å². The van der Waals surface area contributed by atoms with Crippen LogP contribution in [0.2, 0.25) is 10.0 Å². The Morgan fingerprint density at radius 1 is 0.941 bits per heavy atom. The van der Waals surface area contributed by atoms with E-state index in [1.54, 1.807) is 60.7 Å². The van der Waals surface area contributed by atoms with Gasteiger partial charge in [-0.15, -0.1) is 9.19 Å². The van der Waals surface area contributed by atoms with Gasteiger partial charge in [-0.1, -0.05) is 47.0 Å². The average molecular weight is 521 g/mol. The standard InChI is InChI=1S/C24H22Cl2N2O5S/c1-16-7-10-18(11-8-16)34(29,30)28-22-12-9-17(31-2)15-19(22)24(27-28)33-14-4-13-32-23-20(25)5-3-6-21(23)26/h3,5-12,15H,4,13-14H2,1-2H3. The SMILES string of the molecule is COc1ccc2c(c1)c(OCCCOc1c(Cl)cccc1Cl)nn2S(=O)(=O)c1ccc(C)cc1. The number of methoxy groups -OCH3 is 1. The number of aryl methyl sites for hydroxylation is 1. The van der Waals surface area contributed by atoms with Gasteiger partial charge >= 0.3 is 0 Å². The van der Waals surface area contributed by atoms with E-state index in [0.717, 1.165) is 9.65 Å². The molecule has 0 spiro atoms. The third-order valence-electron chi connectivity index (χ3n) is 5.06. The number of benzene rings is 3. The monoisotopic (exact) mass is 520 g/mol. The number of ether oxygens (including phenoxy) is 3. The Bertz CT molecular complexity index is 1400. The lowest BCUT2D eigenvalue weighted by Gasteiger charge is -2.09. The van der Waals surface area contributed by atoms with E-state index in [9.17, 15) is 8.42 Å². The number of rotatable bonds is 9. The summed E-state index contributed by atoms with van der Waals surface area (Å²) in [4.78, 5) is 0.134. The van der Waals surface area contributed by atoms with E-state index < -0.39 is 10.0 Å². The zero-order valence-corrected chi connectivity index (χ0v) is 20.8. The fourth-order valence-electron chi connectivity index (χ4n) is 3.29. The number of fused-ring (bicyclic) bond motifs is 1. The van der Waals surface area contributed by atoms with Crippen LogP contribution in [0.1, 0.15) is 12.0 Å². The van der Waals surface area contributed by atoms with Crippen molar-refractivity contribution < 1.29 is 22.6 Å². The zero-order valence-electron chi connectivity index (χ0n) is 18.5. The molecule has 1 aromatic heterocycles. The van der Waals surface area contributed by atoms with Crippen molar-refractivity contribution in [2.24, 2.45) is 0 Å². The molecule has 7 nitrogen and oxygen atoms in total. The fourth-order valence-corrected chi connectivity index (χ4v) is 5.08. The maximum Gasteiger partial charge on any atom is 0.283 e. The van der Waals surface area contributed by atoms with Crippen LogP contribution >= 0.6 is 23.2 Å². The molecule has 0 aliphatic carbocycles. The second-order valence-corrected chi connectivity index (χ2v) is 10.0. The molecule has 34 heavy (non-hydrogen) atoms. The summed E-state index contributed by atoms with van der Waals surface area (Å²) in [7, 11) is -2.40. The van der Waals surface area contributed by atoms with Crippen LogP contribution < -0.4 is 14.2 Å². The summed E-state index contributed by atoms with van der Waals surface area (Å²) in [5.74, 6) is 1.15. The van der Waals surface area contributed by atoms with Crippen molar-refractivity contribution in [1.29, 1.82) is 0 Å². The van der Waals surface area contributed by atoms with Gasteiger partial charge in [-0.2, -0.15) is 8.42 Å². The molecule has 3 aromatic carbocycles. The lowest BCUT2D eigenvalue weighted by Crippen LogP contribution is -2.14. The number of hydrogen-bond donors (Lipinski definition) is 0. The van der Waals surface area contributed by atoms with Crippen LogP contribution in [0.25, 0.3) is 10.9 Å². The Balaban J connectivity index is 1.56. The molecule has 1 heterocycles. The Labute approximate surface area is 207 Å². The first-order valence-corrected chi connectivity index (χ1v) is 12.6. The number of para-hydroxylation sites is 1. The highest BCUT2D eigenvalue weighted by Gasteiger charge is 2.24. The zero-order chi connectivity index (χ0) is 24.3. The Morgan fingerprint density at radius 3 is 2.29 bits per heavy atom. The van der Waals surface area contributed by atoms with Gasteiger partial charge in [-0.05, 0) is 49.4 Å². The quantitative estimate of drug-likeness (QED) is 0.261. The molecule has 0 radical (unpaired) electrons. The van der Waals surface area contributed by atoms with Gasteiger partial charge in [0.25, 0.3) is 10.0 Å². The van der Waals surface area contributed by atoms with E-state index in [1.165, 1.54) is 7.11 Å². The van der Waals surface area contributed by atoms with E-state index in [-0.39, 0.29) is 17.4 Å². The number of nitrogens with zero attached hydrogens (tertiary/aromatic N) is 2. The number of aromatic nitrogens is 2. The summed E-state index contributed by atoms with van der Waals surface area (Å²) in [6.07, 6.45) is 0.491. The van der Waals surface area contributed by atoms with Crippen LogP contribution in [-0.2, 0) is 10.0 Å². The highest BCUT2D eigenvalue weighted by atomic mass is 35.5. The Kier molecular flexibility index (Phi) is 7.21. The van der Waals surface area contributed by atoms with E-state index in [0.29, 0.717) is 45.5 Å². The molecule has 0 saturated heterocycles. The predicted octanol–water partition coefficient (Wildman–Crippen LogP) is 5.75. The van der Waals surface area contributed by atoms with Gasteiger partial charge in [-0.3, -0.25) is 0 Å². The van der Waals surface area contributed by atoms with Gasteiger partial charge in [0.2, 0.25) is 5.88 Å². The Morgan fingerprint density at radius 2 is 1.62 bits per heavy atom. The van der Waals surface area contributed by atoms with Gasteiger partial charge in [0, 0.05) is 6.42 Å². The van der Waals surface area contributed by atoms with Crippen LogP contribution in [0, 0.1) is 6.92 Å².